The maximum Gasteiger partial charge on any atom is 0.0613 e. The summed E-state index contributed by atoms with van der Waals surface area (Å²) in [5.74, 6) is 0.711. The predicted octanol–water partition coefficient (Wildman–Crippen LogP) is 3.08. The summed E-state index contributed by atoms with van der Waals surface area (Å²) in [4.78, 5) is 0. The van der Waals surface area contributed by atoms with Crippen molar-refractivity contribution in [2.45, 2.75) is 44.8 Å². The molecule has 1 saturated heterocycles. The molecular weight excluding hydrogens is 222 g/mol. The van der Waals surface area contributed by atoms with Gasteiger partial charge in [-0.05, 0) is 42.7 Å². The first-order valence-electron chi connectivity index (χ1n) is 7.31. The highest BCUT2D eigenvalue weighted by atomic mass is 16.5. The van der Waals surface area contributed by atoms with Gasteiger partial charge in [0.1, 0.15) is 0 Å². The average molecular weight is 245 g/mol. The van der Waals surface area contributed by atoms with Gasteiger partial charge in [0.25, 0.3) is 0 Å². The molecule has 2 aliphatic rings. The molecule has 2 heteroatoms. The molecule has 2 nitrogen and oxygen atoms in total. The van der Waals surface area contributed by atoms with Crippen molar-refractivity contribution in [2.75, 3.05) is 13.2 Å². The number of hydrogen-bond acceptors (Lipinski definition) is 2. The van der Waals surface area contributed by atoms with Gasteiger partial charge in [-0.3, -0.25) is 0 Å². The standard InChI is InChI=1S/C16H23NO/c1-2-16-13(9-10-18-16)11-17-15-8-7-12-5-3-4-6-14(12)15/h3-6,13,15-17H,2,7-11H2,1H3. The molecule has 3 rings (SSSR count). The third-order valence-electron chi connectivity index (χ3n) is 4.51. The van der Waals surface area contributed by atoms with E-state index in [0.717, 1.165) is 19.6 Å². The van der Waals surface area contributed by atoms with Crippen molar-refractivity contribution in [3.63, 3.8) is 0 Å². The number of benzene rings is 1. The van der Waals surface area contributed by atoms with Crippen molar-refractivity contribution in [3.05, 3.63) is 35.4 Å². The van der Waals surface area contributed by atoms with E-state index in [1.807, 2.05) is 0 Å². The van der Waals surface area contributed by atoms with Gasteiger partial charge >= 0.3 is 0 Å². The summed E-state index contributed by atoms with van der Waals surface area (Å²) in [5.41, 5.74) is 3.05. The summed E-state index contributed by atoms with van der Waals surface area (Å²) < 4.78 is 5.76. The lowest BCUT2D eigenvalue weighted by Crippen LogP contribution is -2.30. The summed E-state index contributed by atoms with van der Waals surface area (Å²) in [5, 5.41) is 3.76. The van der Waals surface area contributed by atoms with Gasteiger partial charge in [-0.1, -0.05) is 31.2 Å². The van der Waals surface area contributed by atoms with Gasteiger partial charge in [0.05, 0.1) is 6.10 Å². The van der Waals surface area contributed by atoms with Crippen molar-refractivity contribution < 1.29 is 4.74 Å². The molecule has 0 bridgehead atoms. The molecule has 1 N–H and O–H groups in total. The second kappa shape index (κ2) is 5.41. The first-order chi connectivity index (χ1) is 8.88. The third kappa shape index (κ3) is 2.32. The number of hydrogen-bond donors (Lipinski definition) is 1. The number of fused-ring (bicyclic) bond motifs is 1. The van der Waals surface area contributed by atoms with E-state index in [1.54, 1.807) is 0 Å². The van der Waals surface area contributed by atoms with Crippen LogP contribution in [0.15, 0.2) is 24.3 Å². The van der Waals surface area contributed by atoms with Gasteiger partial charge in [-0.2, -0.15) is 0 Å². The molecule has 98 valence electrons. The Morgan fingerprint density at radius 3 is 3.06 bits per heavy atom. The van der Waals surface area contributed by atoms with Gasteiger partial charge < -0.3 is 10.1 Å². The minimum atomic E-state index is 0.481. The lowest BCUT2D eigenvalue weighted by atomic mass is 9.98. The van der Waals surface area contributed by atoms with Crippen LogP contribution in [0.1, 0.15) is 43.4 Å². The molecule has 1 aromatic rings. The molecule has 0 aromatic heterocycles. The van der Waals surface area contributed by atoms with E-state index in [4.69, 9.17) is 4.74 Å². The van der Waals surface area contributed by atoms with Gasteiger partial charge in [0.15, 0.2) is 0 Å². The van der Waals surface area contributed by atoms with Crippen LogP contribution >= 0.6 is 0 Å². The average Bonchev–Trinajstić information content (AvgIpc) is 3.02. The Balaban J connectivity index is 1.58. The van der Waals surface area contributed by atoms with E-state index in [9.17, 15) is 0 Å². The van der Waals surface area contributed by atoms with E-state index in [2.05, 4.69) is 36.5 Å². The Morgan fingerprint density at radius 2 is 2.17 bits per heavy atom. The van der Waals surface area contributed by atoms with Crippen molar-refractivity contribution in [3.8, 4) is 0 Å². The molecule has 1 fully saturated rings. The van der Waals surface area contributed by atoms with Crippen LogP contribution in [0.25, 0.3) is 0 Å². The van der Waals surface area contributed by atoms with Crippen molar-refractivity contribution in [2.24, 2.45) is 5.92 Å². The van der Waals surface area contributed by atoms with E-state index >= 15 is 0 Å². The zero-order valence-corrected chi connectivity index (χ0v) is 11.2. The summed E-state index contributed by atoms with van der Waals surface area (Å²) in [7, 11) is 0. The molecule has 0 radical (unpaired) electrons. The highest BCUT2D eigenvalue weighted by Gasteiger charge is 2.28. The number of nitrogens with one attached hydrogen (secondary N) is 1. The highest BCUT2D eigenvalue weighted by Crippen LogP contribution is 2.31. The molecule has 0 spiro atoms. The minimum Gasteiger partial charge on any atom is -0.378 e. The summed E-state index contributed by atoms with van der Waals surface area (Å²) in [6.45, 7) is 4.29. The molecule has 1 aliphatic carbocycles. The van der Waals surface area contributed by atoms with Crippen LogP contribution in [-0.4, -0.2) is 19.3 Å². The van der Waals surface area contributed by atoms with Crippen LogP contribution in [-0.2, 0) is 11.2 Å². The normalized spacial score (nSPS) is 30.6. The van der Waals surface area contributed by atoms with Gasteiger partial charge in [-0.25, -0.2) is 0 Å². The Morgan fingerprint density at radius 1 is 1.28 bits per heavy atom. The lowest BCUT2D eigenvalue weighted by molar-refractivity contribution is 0.0866. The van der Waals surface area contributed by atoms with Gasteiger partial charge in [0.2, 0.25) is 0 Å². The summed E-state index contributed by atoms with van der Waals surface area (Å²) in [6.07, 6.45) is 5.33. The van der Waals surface area contributed by atoms with E-state index < -0.39 is 0 Å². The molecular formula is C16H23NO. The van der Waals surface area contributed by atoms with Crippen LogP contribution < -0.4 is 5.32 Å². The number of aryl methyl sites for hydroxylation is 1. The van der Waals surface area contributed by atoms with Gasteiger partial charge in [0, 0.05) is 19.2 Å². The van der Waals surface area contributed by atoms with Crippen LogP contribution in [0.5, 0.6) is 0 Å². The van der Waals surface area contributed by atoms with Crippen LogP contribution in [0.3, 0.4) is 0 Å². The third-order valence-corrected chi connectivity index (χ3v) is 4.51. The molecule has 0 amide bonds. The highest BCUT2D eigenvalue weighted by molar-refractivity contribution is 5.34. The topological polar surface area (TPSA) is 21.3 Å². The largest absolute Gasteiger partial charge is 0.378 e. The fourth-order valence-corrected chi connectivity index (χ4v) is 3.44. The zero-order chi connectivity index (χ0) is 12.4. The number of rotatable bonds is 4. The second-order valence-corrected chi connectivity index (χ2v) is 5.56. The molecule has 3 unspecified atom stereocenters. The Hall–Kier alpha value is -0.860. The van der Waals surface area contributed by atoms with Crippen LogP contribution in [0.4, 0.5) is 0 Å². The first-order valence-corrected chi connectivity index (χ1v) is 7.31. The molecule has 1 aliphatic heterocycles. The molecule has 1 heterocycles. The second-order valence-electron chi connectivity index (χ2n) is 5.56. The van der Waals surface area contributed by atoms with E-state index in [0.29, 0.717) is 18.1 Å². The first kappa shape index (κ1) is 12.2. The summed E-state index contributed by atoms with van der Waals surface area (Å²) in [6, 6.07) is 9.43. The van der Waals surface area contributed by atoms with E-state index in [1.165, 1.54) is 30.4 Å². The molecule has 18 heavy (non-hydrogen) atoms. The Labute approximate surface area is 110 Å². The maximum absolute atomic E-state index is 5.76. The van der Waals surface area contributed by atoms with E-state index in [-0.39, 0.29) is 0 Å². The lowest BCUT2D eigenvalue weighted by Gasteiger charge is -2.21. The SMILES string of the molecule is CCC1OCCC1CNC1CCc2ccccc21. The Bertz CT molecular complexity index is 404. The van der Waals surface area contributed by atoms with Crippen molar-refractivity contribution in [1.29, 1.82) is 0 Å². The van der Waals surface area contributed by atoms with Gasteiger partial charge in [-0.15, -0.1) is 0 Å². The fourth-order valence-electron chi connectivity index (χ4n) is 3.44. The molecule has 1 aromatic carbocycles. The van der Waals surface area contributed by atoms with Crippen LogP contribution in [0.2, 0.25) is 0 Å². The minimum absolute atomic E-state index is 0.481. The van der Waals surface area contributed by atoms with Crippen LogP contribution in [0, 0.1) is 5.92 Å². The predicted molar refractivity (Wildman–Crippen MR) is 73.6 cm³/mol. The summed E-state index contributed by atoms with van der Waals surface area (Å²) >= 11 is 0. The molecule has 3 atom stereocenters. The molecule has 0 saturated carbocycles. The quantitative estimate of drug-likeness (QED) is 0.880. The Kier molecular flexibility index (Phi) is 3.67. The van der Waals surface area contributed by atoms with Crippen molar-refractivity contribution >= 4 is 0 Å². The number of ether oxygens (including phenoxy) is 1. The van der Waals surface area contributed by atoms with Crippen molar-refractivity contribution in [1.82, 2.24) is 5.32 Å². The monoisotopic (exact) mass is 245 g/mol. The smallest absolute Gasteiger partial charge is 0.0613 e. The fraction of sp³-hybridized carbons (Fsp3) is 0.625. The maximum atomic E-state index is 5.76. The zero-order valence-electron chi connectivity index (χ0n) is 11.2.